The summed E-state index contributed by atoms with van der Waals surface area (Å²) in [5.41, 5.74) is 2.67. The topological polar surface area (TPSA) is 82.6 Å². The van der Waals surface area contributed by atoms with Crippen molar-refractivity contribution < 1.29 is 8.42 Å². The summed E-state index contributed by atoms with van der Waals surface area (Å²) in [6.45, 7) is 1.22. The highest BCUT2D eigenvalue weighted by molar-refractivity contribution is 7.92. The number of hydrogen-bond acceptors (Lipinski definition) is 3. The van der Waals surface area contributed by atoms with Crippen LogP contribution in [0.1, 0.15) is 11.1 Å². The fourth-order valence-corrected chi connectivity index (χ4v) is 2.94. The van der Waals surface area contributed by atoms with Crippen LogP contribution >= 0.6 is 0 Å². The lowest BCUT2D eigenvalue weighted by atomic mass is 10.1. The lowest BCUT2D eigenvalue weighted by Gasteiger charge is -2.14. The molecule has 2 aromatic carbocycles. The smallest absolute Gasteiger partial charge is 0.229 e. The first-order valence-electron chi connectivity index (χ1n) is 8.02. The second-order valence-corrected chi connectivity index (χ2v) is 7.37. The van der Waals surface area contributed by atoms with Crippen molar-refractivity contribution in [1.82, 2.24) is 10.6 Å². The fourth-order valence-electron chi connectivity index (χ4n) is 2.34. The van der Waals surface area contributed by atoms with Crippen LogP contribution in [0.15, 0.2) is 59.6 Å². The molecule has 0 saturated carbocycles. The van der Waals surface area contributed by atoms with Crippen molar-refractivity contribution in [2.24, 2.45) is 4.99 Å². The van der Waals surface area contributed by atoms with Gasteiger partial charge in [-0.3, -0.25) is 9.71 Å². The normalized spacial score (nSPS) is 11.8. The number of benzene rings is 2. The molecule has 0 aliphatic rings. The number of rotatable bonds is 7. The van der Waals surface area contributed by atoms with Gasteiger partial charge >= 0.3 is 0 Å². The fraction of sp³-hybridized carbons (Fsp3) is 0.278. The molecule has 6 nitrogen and oxygen atoms in total. The van der Waals surface area contributed by atoms with Crippen LogP contribution in [0.2, 0.25) is 0 Å². The molecule has 0 aliphatic carbocycles. The molecule has 0 aromatic heterocycles. The zero-order valence-electron chi connectivity index (χ0n) is 14.5. The molecule has 0 amide bonds. The molecular formula is C18H24N4O2S. The average molecular weight is 360 g/mol. The molecule has 0 bridgehead atoms. The molecule has 2 rings (SSSR count). The largest absolute Gasteiger partial charge is 0.356 e. The number of anilines is 1. The van der Waals surface area contributed by atoms with Crippen LogP contribution in [-0.4, -0.2) is 34.2 Å². The quantitative estimate of drug-likeness (QED) is 0.521. The highest BCUT2D eigenvalue weighted by Gasteiger charge is 2.07. The predicted molar refractivity (Wildman–Crippen MR) is 103 cm³/mol. The minimum absolute atomic E-state index is 0.462. The third-order valence-corrected chi connectivity index (χ3v) is 4.12. The maximum Gasteiger partial charge on any atom is 0.229 e. The van der Waals surface area contributed by atoms with Gasteiger partial charge in [-0.05, 0) is 23.6 Å². The first kappa shape index (κ1) is 18.8. The molecule has 25 heavy (non-hydrogen) atoms. The van der Waals surface area contributed by atoms with Crippen LogP contribution in [0.25, 0.3) is 0 Å². The molecule has 0 heterocycles. The summed E-state index contributed by atoms with van der Waals surface area (Å²) < 4.78 is 25.4. The molecule has 134 valence electrons. The van der Waals surface area contributed by atoms with Gasteiger partial charge in [0, 0.05) is 20.1 Å². The number of guanidine groups is 1. The zero-order chi connectivity index (χ0) is 18.1. The second kappa shape index (κ2) is 9.08. The molecule has 7 heteroatoms. The minimum Gasteiger partial charge on any atom is -0.356 e. The Morgan fingerprint density at radius 1 is 1.00 bits per heavy atom. The number of nitrogens with zero attached hydrogens (tertiary/aromatic N) is 1. The van der Waals surface area contributed by atoms with Crippen LogP contribution in [0.4, 0.5) is 5.69 Å². The van der Waals surface area contributed by atoms with Crippen molar-refractivity contribution in [2.75, 3.05) is 24.6 Å². The Balaban J connectivity index is 1.88. The average Bonchev–Trinajstić information content (AvgIpc) is 2.58. The Bertz CT molecular complexity index is 805. The summed E-state index contributed by atoms with van der Waals surface area (Å²) in [6, 6.07) is 17.5. The molecule has 0 atom stereocenters. The van der Waals surface area contributed by atoms with E-state index in [9.17, 15) is 8.42 Å². The Kier molecular flexibility index (Phi) is 6.82. The van der Waals surface area contributed by atoms with E-state index in [0.29, 0.717) is 18.2 Å². The van der Waals surface area contributed by atoms with Crippen LogP contribution in [0, 0.1) is 0 Å². The van der Waals surface area contributed by atoms with Crippen molar-refractivity contribution in [1.29, 1.82) is 0 Å². The third-order valence-electron chi connectivity index (χ3n) is 3.53. The Labute approximate surface area is 149 Å². The second-order valence-electron chi connectivity index (χ2n) is 5.62. The van der Waals surface area contributed by atoms with Crippen molar-refractivity contribution in [2.45, 2.75) is 13.0 Å². The SMILES string of the molecule is CN=C(NCCc1ccccc1)NCc1ccccc1NS(C)(=O)=O. The van der Waals surface area contributed by atoms with Gasteiger partial charge in [0.25, 0.3) is 0 Å². The maximum absolute atomic E-state index is 11.5. The van der Waals surface area contributed by atoms with Crippen molar-refractivity contribution in [3.63, 3.8) is 0 Å². The molecule has 0 aliphatic heterocycles. The van der Waals surface area contributed by atoms with E-state index in [4.69, 9.17) is 0 Å². The van der Waals surface area contributed by atoms with Crippen molar-refractivity contribution in [3.8, 4) is 0 Å². The Morgan fingerprint density at radius 2 is 1.68 bits per heavy atom. The molecule has 0 radical (unpaired) electrons. The molecular weight excluding hydrogens is 336 g/mol. The van der Waals surface area contributed by atoms with Crippen LogP contribution in [0.3, 0.4) is 0 Å². The lowest BCUT2D eigenvalue weighted by Crippen LogP contribution is -2.38. The van der Waals surface area contributed by atoms with E-state index in [1.54, 1.807) is 19.2 Å². The van der Waals surface area contributed by atoms with Gasteiger partial charge in [0.15, 0.2) is 5.96 Å². The van der Waals surface area contributed by atoms with Gasteiger partial charge in [0.1, 0.15) is 0 Å². The summed E-state index contributed by atoms with van der Waals surface area (Å²) in [5.74, 6) is 0.671. The van der Waals surface area contributed by atoms with Crippen LogP contribution in [0.5, 0.6) is 0 Å². The summed E-state index contributed by atoms with van der Waals surface area (Å²) in [6.07, 6.45) is 2.04. The predicted octanol–water partition coefficient (Wildman–Crippen LogP) is 1.97. The van der Waals surface area contributed by atoms with Gasteiger partial charge in [0.2, 0.25) is 10.0 Å². The van der Waals surface area contributed by atoms with Crippen molar-refractivity contribution in [3.05, 3.63) is 65.7 Å². The van der Waals surface area contributed by atoms with Crippen LogP contribution < -0.4 is 15.4 Å². The summed E-state index contributed by atoms with van der Waals surface area (Å²) in [4.78, 5) is 4.19. The van der Waals surface area contributed by atoms with Gasteiger partial charge in [0.05, 0.1) is 11.9 Å². The van der Waals surface area contributed by atoms with E-state index in [-0.39, 0.29) is 0 Å². The molecule has 3 N–H and O–H groups in total. The minimum atomic E-state index is -3.31. The summed E-state index contributed by atoms with van der Waals surface area (Å²) >= 11 is 0. The van der Waals surface area contributed by atoms with Gasteiger partial charge < -0.3 is 10.6 Å². The molecule has 0 spiro atoms. The molecule has 0 unspecified atom stereocenters. The first-order chi connectivity index (χ1) is 12.0. The van der Waals surface area contributed by atoms with Crippen LogP contribution in [-0.2, 0) is 23.0 Å². The van der Waals surface area contributed by atoms with E-state index >= 15 is 0 Å². The van der Waals surface area contributed by atoms with Gasteiger partial charge in [-0.25, -0.2) is 8.42 Å². The summed E-state index contributed by atoms with van der Waals surface area (Å²) in [7, 11) is -1.61. The van der Waals surface area contributed by atoms with E-state index in [2.05, 4.69) is 32.5 Å². The molecule has 0 fully saturated rings. The van der Waals surface area contributed by atoms with Gasteiger partial charge in [-0.1, -0.05) is 48.5 Å². The number of para-hydroxylation sites is 1. The summed E-state index contributed by atoms with van der Waals surface area (Å²) in [5, 5.41) is 6.46. The standard InChI is InChI=1S/C18H24N4O2S/c1-19-18(20-13-12-15-8-4-3-5-9-15)21-14-16-10-6-7-11-17(16)22-25(2,23)24/h3-11,22H,12-14H2,1-2H3,(H2,19,20,21). The lowest BCUT2D eigenvalue weighted by molar-refractivity contribution is 0.606. The number of hydrogen-bond donors (Lipinski definition) is 3. The van der Waals surface area contributed by atoms with E-state index < -0.39 is 10.0 Å². The number of aliphatic imine (C=N–C) groups is 1. The highest BCUT2D eigenvalue weighted by atomic mass is 32.2. The monoisotopic (exact) mass is 360 g/mol. The molecule has 2 aromatic rings. The van der Waals surface area contributed by atoms with Gasteiger partial charge in [-0.15, -0.1) is 0 Å². The van der Waals surface area contributed by atoms with E-state index in [1.807, 2.05) is 30.3 Å². The number of nitrogens with one attached hydrogen (secondary N) is 3. The van der Waals surface area contributed by atoms with E-state index in [0.717, 1.165) is 24.8 Å². The zero-order valence-corrected chi connectivity index (χ0v) is 15.3. The Hall–Kier alpha value is -2.54. The Morgan fingerprint density at radius 3 is 2.36 bits per heavy atom. The highest BCUT2D eigenvalue weighted by Crippen LogP contribution is 2.15. The van der Waals surface area contributed by atoms with E-state index in [1.165, 1.54) is 5.56 Å². The third kappa shape index (κ3) is 6.84. The maximum atomic E-state index is 11.5. The molecule has 0 saturated heterocycles. The van der Waals surface area contributed by atoms with Gasteiger partial charge in [-0.2, -0.15) is 0 Å². The van der Waals surface area contributed by atoms with Crippen molar-refractivity contribution >= 4 is 21.7 Å². The first-order valence-corrected chi connectivity index (χ1v) is 9.91. The number of sulfonamides is 1.